The van der Waals surface area contributed by atoms with Crippen molar-refractivity contribution in [2.75, 3.05) is 6.54 Å². The minimum Gasteiger partial charge on any atom is -0.461 e. The molecule has 3 nitrogen and oxygen atoms in total. The smallest absolute Gasteiger partial charge is 0.310 e. The van der Waals surface area contributed by atoms with Gasteiger partial charge in [-0.05, 0) is 17.9 Å². The Hall–Kier alpha value is -1.35. The number of benzene rings is 1. The van der Waals surface area contributed by atoms with Crippen LogP contribution in [0.5, 0.6) is 0 Å². The maximum atomic E-state index is 11.8. The van der Waals surface area contributed by atoms with Crippen molar-refractivity contribution in [3.63, 3.8) is 0 Å². The first-order valence-corrected chi connectivity index (χ1v) is 7.14. The largest absolute Gasteiger partial charge is 0.461 e. The van der Waals surface area contributed by atoms with Gasteiger partial charge in [0.1, 0.15) is 6.61 Å². The van der Waals surface area contributed by atoms with Crippen molar-refractivity contribution in [2.45, 2.75) is 39.3 Å². The Labute approximate surface area is 115 Å². The lowest BCUT2D eigenvalue weighted by atomic mass is 10.2. The molecule has 2 rings (SSSR count). The molecule has 0 saturated heterocycles. The third kappa shape index (κ3) is 4.35. The summed E-state index contributed by atoms with van der Waals surface area (Å²) in [4.78, 5) is 11.8. The fourth-order valence-corrected chi connectivity index (χ4v) is 2.23. The molecule has 0 aromatic heterocycles. The van der Waals surface area contributed by atoms with E-state index >= 15 is 0 Å². The van der Waals surface area contributed by atoms with Crippen molar-refractivity contribution in [1.29, 1.82) is 0 Å². The van der Waals surface area contributed by atoms with Crippen LogP contribution in [0.2, 0.25) is 0 Å². The molecule has 1 aromatic carbocycles. The van der Waals surface area contributed by atoms with Gasteiger partial charge >= 0.3 is 5.97 Å². The summed E-state index contributed by atoms with van der Waals surface area (Å²) in [5.41, 5.74) is 1.03. The van der Waals surface area contributed by atoms with Gasteiger partial charge in [0.15, 0.2) is 0 Å². The third-order valence-electron chi connectivity index (χ3n) is 3.76. The molecule has 1 aromatic rings. The molecule has 0 aliphatic heterocycles. The van der Waals surface area contributed by atoms with Crippen LogP contribution >= 0.6 is 0 Å². The van der Waals surface area contributed by atoms with Gasteiger partial charge in [0.25, 0.3) is 0 Å². The molecule has 1 N–H and O–H groups in total. The molecule has 19 heavy (non-hydrogen) atoms. The Balaban J connectivity index is 1.65. The van der Waals surface area contributed by atoms with Crippen LogP contribution in [0.1, 0.15) is 32.3 Å². The van der Waals surface area contributed by atoms with E-state index in [1.165, 1.54) is 12.8 Å². The second-order valence-electron chi connectivity index (χ2n) is 5.41. The van der Waals surface area contributed by atoms with E-state index < -0.39 is 0 Å². The van der Waals surface area contributed by atoms with Crippen LogP contribution in [0.4, 0.5) is 0 Å². The molecule has 1 fully saturated rings. The number of carbonyl (C=O) groups is 1. The van der Waals surface area contributed by atoms with Crippen molar-refractivity contribution >= 4 is 5.97 Å². The maximum Gasteiger partial charge on any atom is 0.310 e. The average molecular weight is 261 g/mol. The summed E-state index contributed by atoms with van der Waals surface area (Å²) in [5, 5.41) is 3.44. The van der Waals surface area contributed by atoms with E-state index in [-0.39, 0.29) is 11.9 Å². The minimum atomic E-state index is -0.120. The Bertz CT molecular complexity index is 404. The summed E-state index contributed by atoms with van der Waals surface area (Å²) in [6.07, 6.45) is 2.48. The van der Waals surface area contributed by atoms with Gasteiger partial charge in [-0.1, -0.05) is 50.6 Å². The van der Waals surface area contributed by atoms with E-state index in [9.17, 15) is 4.79 Å². The second kappa shape index (κ2) is 6.71. The summed E-state index contributed by atoms with van der Waals surface area (Å²) in [6.45, 7) is 5.22. The number of esters is 1. The summed E-state index contributed by atoms with van der Waals surface area (Å²) in [5.74, 6) is 0.611. The molecule has 1 aliphatic carbocycles. The fourth-order valence-electron chi connectivity index (χ4n) is 2.23. The summed E-state index contributed by atoms with van der Waals surface area (Å²) in [7, 11) is 0. The second-order valence-corrected chi connectivity index (χ2v) is 5.41. The first kappa shape index (κ1) is 14.1. The highest BCUT2D eigenvalue weighted by Gasteiger charge is 2.35. The van der Waals surface area contributed by atoms with Gasteiger partial charge in [-0.2, -0.15) is 0 Å². The van der Waals surface area contributed by atoms with Gasteiger partial charge in [-0.3, -0.25) is 4.79 Å². The molecular formula is C16H23NO2. The molecule has 104 valence electrons. The third-order valence-corrected chi connectivity index (χ3v) is 3.76. The molecule has 3 unspecified atom stereocenters. The van der Waals surface area contributed by atoms with E-state index in [1.807, 2.05) is 37.3 Å². The number of hydrogen-bond acceptors (Lipinski definition) is 3. The number of rotatable bonds is 7. The number of hydrogen-bond donors (Lipinski definition) is 1. The Morgan fingerprint density at radius 2 is 2.16 bits per heavy atom. The molecule has 0 spiro atoms. The van der Waals surface area contributed by atoms with Crippen LogP contribution in [0.25, 0.3) is 0 Å². The zero-order valence-electron chi connectivity index (χ0n) is 11.8. The van der Waals surface area contributed by atoms with Gasteiger partial charge in [0.2, 0.25) is 0 Å². The lowest BCUT2D eigenvalue weighted by Gasteiger charge is -2.12. The Kier molecular flexibility index (Phi) is 4.97. The van der Waals surface area contributed by atoms with E-state index in [4.69, 9.17) is 4.74 Å². The fraction of sp³-hybridized carbons (Fsp3) is 0.562. The van der Waals surface area contributed by atoms with E-state index in [2.05, 4.69) is 12.2 Å². The van der Waals surface area contributed by atoms with Crippen molar-refractivity contribution in [2.24, 2.45) is 11.8 Å². The molecule has 1 saturated carbocycles. The van der Waals surface area contributed by atoms with Gasteiger partial charge in [0.05, 0.1) is 5.92 Å². The van der Waals surface area contributed by atoms with Gasteiger partial charge in [-0.25, -0.2) is 0 Å². The summed E-state index contributed by atoms with van der Waals surface area (Å²) in [6, 6.07) is 10.4. The standard InChI is InChI=1S/C16H23NO2/c1-3-14-9-15(14)17-10-12(2)16(18)19-11-13-7-5-4-6-8-13/h4-8,12,14-15,17H,3,9-11H2,1-2H3. The Morgan fingerprint density at radius 3 is 2.79 bits per heavy atom. The molecular weight excluding hydrogens is 238 g/mol. The van der Waals surface area contributed by atoms with Crippen LogP contribution in [0.3, 0.4) is 0 Å². The van der Waals surface area contributed by atoms with Gasteiger partial charge in [0, 0.05) is 12.6 Å². The quantitative estimate of drug-likeness (QED) is 0.767. The Morgan fingerprint density at radius 1 is 1.42 bits per heavy atom. The van der Waals surface area contributed by atoms with Crippen LogP contribution in [0, 0.1) is 11.8 Å². The maximum absolute atomic E-state index is 11.8. The highest BCUT2D eigenvalue weighted by atomic mass is 16.5. The number of ether oxygens (including phenoxy) is 1. The molecule has 1 aliphatic rings. The lowest BCUT2D eigenvalue weighted by Crippen LogP contribution is -2.30. The SMILES string of the molecule is CCC1CC1NCC(C)C(=O)OCc1ccccc1. The van der Waals surface area contributed by atoms with Gasteiger partial charge in [-0.15, -0.1) is 0 Å². The number of nitrogens with one attached hydrogen (secondary N) is 1. The minimum absolute atomic E-state index is 0.0816. The van der Waals surface area contributed by atoms with E-state index in [0.29, 0.717) is 12.6 Å². The first-order chi connectivity index (χ1) is 9.20. The highest BCUT2D eigenvalue weighted by molar-refractivity contribution is 5.72. The molecule has 0 amide bonds. The van der Waals surface area contributed by atoms with Crippen molar-refractivity contribution in [3.05, 3.63) is 35.9 Å². The monoisotopic (exact) mass is 261 g/mol. The van der Waals surface area contributed by atoms with Crippen LogP contribution in [-0.4, -0.2) is 18.6 Å². The highest BCUT2D eigenvalue weighted by Crippen LogP contribution is 2.33. The van der Waals surface area contributed by atoms with Crippen LogP contribution in [-0.2, 0) is 16.1 Å². The summed E-state index contributed by atoms with van der Waals surface area (Å²) < 4.78 is 5.32. The van der Waals surface area contributed by atoms with Crippen LogP contribution < -0.4 is 5.32 Å². The lowest BCUT2D eigenvalue weighted by molar-refractivity contribution is -0.149. The van der Waals surface area contributed by atoms with Crippen LogP contribution in [0.15, 0.2) is 30.3 Å². The molecule has 0 radical (unpaired) electrons. The van der Waals surface area contributed by atoms with E-state index in [0.717, 1.165) is 18.0 Å². The molecule has 3 atom stereocenters. The zero-order valence-corrected chi connectivity index (χ0v) is 11.8. The van der Waals surface area contributed by atoms with Crippen molar-refractivity contribution in [3.8, 4) is 0 Å². The van der Waals surface area contributed by atoms with Gasteiger partial charge < -0.3 is 10.1 Å². The van der Waals surface area contributed by atoms with Crippen molar-refractivity contribution < 1.29 is 9.53 Å². The molecule has 3 heteroatoms. The van der Waals surface area contributed by atoms with E-state index in [1.54, 1.807) is 0 Å². The molecule has 0 bridgehead atoms. The van der Waals surface area contributed by atoms with Crippen molar-refractivity contribution in [1.82, 2.24) is 5.32 Å². The predicted molar refractivity (Wildman–Crippen MR) is 75.6 cm³/mol. The average Bonchev–Trinajstić information content (AvgIpc) is 3.22. The predicted octanol–water partition coefficient (Wildman–Crippen LogP) is 2.75. The number of carbonyl (C=O) groups excluding carboxylic acids is 1. The molecule has 0 heterocycles. The first-order valence-electron chi connectivity index (χ1n) is 7.14. The normalized spacial score (nSPS) is 22.8. The summed E-state index contributed by atoms with van der Waals surface area (Å²) >= 11 is 0. The topological polar surface area (TPSA) is 38.3 Å². The zero-order chi connectivity index (χ0) is 13.7.